The van der Waals surface area contributed by atoms with Crippen LogP contribution >= 0.6 is 0 Å². The van der Waals surface area contributed by atoms with Crippen LogP contribution in [0.2, 0.25) is 0 Å². The topological polar surface area (TPSA) is 44.7 Å². The first-order valence-electron chi connectivity index (χ1n) is 5.08. The summed E-state index contributed by atoms with van der Waals surface area (Å²) in [5, 5.41) is 0. The quantitative estimate of drug-likeness (QED) is 0.525. The summed E-state index contributed by atoms with van der Waals surface area (Å²) >= 11 is -1.15. The van der Waals surface area contributed by atoms with Crippen molar-refractivity contribution in [3.05, 3.63) is 0 Å². The number of nitrogens with zero attached hydrogens (tertiary/aromatic N) is 1. The van der Waals surface area contributed by atoms with Gasteiger partial charge in [-0.15, -0.1) is 0 Å². The van der Waals surface area contributed by atoms with Crippen molar-refractivity contribution in [1.82, 2.24) is 0 Å². The molecule has 0 aromatic carbocycles. The van der Waals surface area contributed by atoms with Crippen LogP contribution in [-0.4, -0.2) is 28.2 Å². The molecular weight excluding hydrogens is 198 g/mol. The molecule has 0 spiro atoms. The minimum absolute atomic E-state index is 0.0787. The number of rotatable bonds is 2. The molecule has 14 heavy (non-hydrogen) atoms. The van der Waals surface area contributed by atoms with Gasteiger partial charge in [0.25, 0.3) is 0 Å². The van der Waals surface area contributed by atoms with Gasteiger partial charge < -0.3 is 9.29 Å². The van der Waals surface area contributed by atoms with Crippen LogP contribution in [0.3, 0.4) is 0 Å². The van der Waals surface area contributed by atoms with Crippen LogP contribution in [0.5, 0.6) is 0 Å². The lowest BCUT2D eigenvalue weighted by molar-refractivity contribution is 0.0617. The summed E-state index contributed by atoms with van der Waals surface area (Å²) in [7, 11) is 0. The summed E-state index contributed by atoms with van der Waals surface area (Å²) in [4.78, 5) is 0. The first-order chi connectivity index (χ1) is 6.50. The molecule has 2 atom stereocenters. The molecule has 0 unspecified atom stereocenters. The molecule has 1 aliphatic heterocycles. The predicted molar refractivity (Wildman–Crippen MR) is 60.0 cm³/mol. The highest BCUT2D eigenvalue weighted by molar-refractivity contribution is 7.91. The first-order valence-corrected chi connectivity index (χ1v) is 6.18. The zero-order chi connectivity index (χ0) is 10.6. The van der Waals surface area contributed by atoms with Gasteiger partial charge in [-0.3, -0.25) is 0 Å². The lowest BCUT2D eigenvalue weighted by Gasteiger charge is -2.21. The molecule has 1 fully saturated rings. The van der Waals surface area contributed by atoms with E-state index in [1.54, 1.807) is 6.21 Å². The summed E-state index contributed by atoms with van der Waals surface area (Å²) in [5.41, 5.74) is 0. The fourth-order valence-electron chi connectivity index (χ4n) is 1.16. The van der Waals surface area contributed by atoms with Crippen molar-refractivity contribution in [3.63, 3.8) is 0 Å². The Kier molecular flexibility index (Phi) is 4.41. The number of hydrogen-bond acceptors (Lipinski definition) is 3. The van der Waals surface area contributed by atoms with Crippen molar-refractivity contribution >= 4 is 17.6 Å². The third kappa shape index (κ3) is 3.98. The van der Waals surface area contributed by atoms with Gasteiger partial charge in [-0.1, -0.05) is 4.40 Å². The van der Waals surface area contributed by atoms with E-state index in [1.165, 1.54) is 6.42 Å². The van der Waals surface area contributed by atoms with Gasteiger partial charge in [0.1, 0.15) is 16.1 Å². The zero-order valence-electron chi connectivity index (χ0n) is 9.16. The molecule has 0 N–H and O–H groups in total. The Morgan fingerprint density at radius 2 is 2.14 bits per heavy atom. The molecule has 0 saturated carbocycles. The van der Waals surface area contributed by atoms with Crippen molar-refractivity contribution in [1.29, 1.82) is 0 Å². The molecule has 0 bridgehead atoms. The molecule has 0 aromatic heterocycles. The SMILES string of the molecule is CC(C)(C)[S@@+]([O-])/N=C/[C@@H]1CCCCO1. The third-order valence-corrected chi connectivity index (χ3v) is 3.42. The monoisotopic (exact) mass is 217 g/mol. The predicted octanol–water partition coefficient (Wildman–Crippen LogP) is 2.09. The van der Waals surface area contributed by atoms with E-state index in [-0.39, 0.29) is 10.9 Å². The van der Waals surface area contributed by atoms with Gasteiger partial charge in [-0.25, -0.2) is 0 Å². The first kappa shape index (κ1) is 12.0. The summed E-state index contributed by atoms with van der Waals surface area (Å²) in [6.07, 6.45) is 5.10. The molecule has 0 radical (unpaired) electrons. The van der Waals surface area contributed by atoms with Gasteiger partial charge in [0, 0.05) is 6.61 Å². The van der Waals surface area contributed by atoms with E-state index in [0.29, 0.717) is 0 Å². The summed E-state index contributed by atoms with van der Waals surface area (Å²) in [6, 6.07) is 0. The second-order valence-electron chi connectivity index (χ2n) is 4.52. The standard InChI is InChI=1S/C10H19NO2S/c1-10(2,3)14(12)11-8-9-6-4-5-7-13-9/h8-9H,4-7H2,1-3H3/b11-8+/t9-,14+/m0/s1. The van der Waals surface area contributed by atoms with E-state index in [2.05, 4.69) is 4.40 Å². The molecule has 0 amide bonds. The average Bonchev–Trinajstić information content (AvgIpc) is 2.14. The zero-order valence-corrected chi connectivity index (χ0v) is 9.97. The van der Waals surface area contributed by atoms with Crippen molar-refractivity contribution in [2.45, 2.75) is 50.9 Å². The smallest absolute Gasteiger partial charge is 0.144 e. The van der Waals surface area contributed by atoms with Crippen molar-refractivity contribution in [3.8, 4) is 0 Å². The van der Waals surface area contributed by atoms with Crippen molar-refractivity contribution in [2.75, 3.05) is 6.61 Å². The Hall–Kier alpha value is -0.0600. The molecule has 0 aromatic rings. The molecule has 1 rings (SSSR count). The lowest BCUT2D eigenvalue weighted by atomic mass is 10.1. The molecule has 1 saturated heterocycles. The van der Waals surface area contributed by atoms with Crippen LogP contribution in [0.25, 0.3) is 0 Å². The maximum Gasteiger partial charge on any atom is 0.144 e. The average molecular weight is 217 g/mol. The molecule has 1 heterocycles. The second-order valence-corrected chi connectivity index (χ2v) is 6.45. The fourth-order valence-corrected chi connectivity index (χ4v) is 1.73. The molecule has 0 aliphatic carbocycles. The van der Waals surface area contributed by atoms with Crippen LogP contribution in [0.1, 0.15) is 40.0 Å². The fraction of sp³-hybridized carbons (Fsp3) is 0.900. The highest BCUT2D eigenvalue weighted by atomic mass is 32.2. The third-order valence-electron chi connectivity index (χ3n) is 2.06. The van der Waals surface area contributed by atoms with Gasteiger partial charge in [-0.05, 0) is 40.0 Å². The van der Waals surface area contributed by atoms with Gasteiger partial charge in [0.2, 0.25) is 0 Å². The Morgan fingerprint density at radius 1 is 1.43 bits per heavy atom. The normalized spacial score (nSPS) is 26.7. The minimum Gasteiger partial charge on any atom is -0.591 e. The van der Waals surface area contributed by atoms with E-state index in [1.807, 2.05) is 20.8 Å². The molecule has 82 valence electrons. The Morgan fingerprint density at radius 3 is 2.64 bits per heavy atom. The van der Waals surface area contributed by atoms with Gasteiger partial charge in [-0.2, -0.15) is 0 Å². The van der Waals surface area contributed by atoms with E-state index in [4.69, 9.17) is 4.74 Å². The van der Waals surface area contributed by atoms with Crippen LogP contribution in [-0.2, 0) is 16.1 Å². The van der Waals surface area contributed by atoms with E-state index < -0.39 is 11.4 Å². The van der Waals surface area contributed by atoms with Gasteiger partial charge >= 0.3 is 0 Å². The van der Waals surface area contributed by atoms with E-state index in [0.717, 1.165) is 19.4 Å². The van der Waals surface area contributed by atoms with Crippen LogP contribution in [0.15, 0.2) is 4.40 Å². The van der Waals surface area contributed by atoms with Gasteiger partial charge in [0.05, 0.1) is 12.3 Å². The van der Waals surface area contributed by atoms with Crippen LogP contribution in [0, 0.1) is 0 Å². The summed E-state index contributed by atoms with van der Waals surface area (Å²) < 4.78 is 20.8. The number of hydrogen-bond donors (Lipinski definition) is 0. The molecule has 1 aliphatic rings. The summed E-state index contributed by atoms with van der Waals surface area (Å²) in [6.45, 7) is 6.56. The Bertz CT molecular complexity index is 195. The highest BCUT2D eigenvalue weighted by Crippen LogP contribution is 2.17. The highest BCUT2D eigenvalue weighted by Gasteiger charge is 2.26. The maximum absolute atomic E-state index is 11.6. The maximum atomic E-state index is 11.6. The van der Waals surface area contributed by atoms with Gasteiger partial charge in [0.15, 0.2) is 0 Å². The molecular formula is C10H19NO2S. The van der Waals surface area contributed by atoms with Crippen LogP contribution in [0.4, 0.5) is 0 Å². The Labute approximate surface area is 89.3 Å². The van der Waals surface area contributed by atoms with Crippen molar-refractivity contribution in [2.24, 2.45) is 4.40 Å². The lowest BCUT2D eigenvalue weighted by Crippen LogP contribution is -2.27. The minimum atomic E-state index is -1.15. The second kappa shape index (κ2) is 5.14. The number of ether oxygens (including phenoxy) is 1. The largest absolute Gasteiger partial charge is 0.591 e. The summed E-state index contributed by atoms with van der Waals surface area (Å²) in [5.74, 6) is 0. The molecule has 4 heteroatoms. The van der Waals surface area contributed by atoms with E-state index >= 15 is 0 Å². The van der Waals surface area contributed by atoms with Crippen LogP contribution < -0.4 is 0 Å². The molecule has 3 nitrogen and oxygen atoms in total. The van der Waals surface area contributed by atoms with Crippen molar-refractivity contribution < 1.29 is 9.29 Å². The Balaban J connectivity index is 2.38. The van der Waals surface area contributed by atoms with E-state index in [9.17, 15) is 4.55 Å².